The molecular formula is C28H37ClN6O3. The van der Waals surface area contributed by atoms with Gasteiger partial charge in [-0.1, -0.05) is 24.3 Å². The van der Waals surface area contributed by atoms with E-state index in [9.17, 15) is 9.59 Å². The third kappa shape index (κ3) is 6.83. The molecule has 204 valence electrons. The van der Waals surface area contributed by atoms with Gasteiger partial charge in [0.2, 0.25) is 0 Å². The van der Waals surface area contributed by atoms with Gasteiger partial charge in [0, 0.05) is 50.8 Å². The smallest absolute Gasteiger partial charge is 0.324 e. The lowest BCUT2D eigenvalue weighted by atomic mass is 10.1. The molecule has 0 spiro atoms. The lowest BCUT2D eigenvalue weighted by Crippen LogP contribution is -2.43. The first-order valence-corrected chi connectivity index (χ1v) is 13.0. The summed E-state index contributed by atoms with van der Waals surface area (Å²) in [6, 6.07) is 13.5. The van der Waals surface area contributed by atoms with Crippen LogP contribution >= 0.6 is 12.4 Å². The van der Waals surface area contributed by atoms with Crippen molar-refractivity contribution in [1.82, 2.24) is 14.5 Å². The summed E-state index contributed by atoms with van der Waals surface area (Å²) in [4.78, 5) is 33.5. The van der Waals surface area contributed by atoms with Crippen LogP contribution in [0.5, 0.6) is 0 Å². The van der Waals surface area contributed by atoms with Crippen molar-refractivity contribution in [3.8, 4) is 0 Å². The van der Waals surface area contributed by atoms with Gasteiger partial charge in [-0.2, -0.15) is 0 Å². The van der Waals surface area contributed by atoms with Gasteiger partial charge in [-0.05, 0) is 56.4 Å². The van der Waals surface area contributed by atoms with Crippen LogP contribution in [-0.4, -0.2) is 59.0 Å². The molecule has 3 aromatic rings. The van der Waals surface area contributed by atoms with Crippen LogP contribution in [0.15, 0.2) is 42.5 Å². The number of amidine groups is 1. The molecule has 0 aliphatic carbocycles. The van der Waals surface area contributed by atoms with E-state index in [1.807, 2.05) is 54.4 Å². The zero-order valence-electron chi connectivity index (χ0n) is 22.1. The Morgan fingerprint density at radius 2 is 1.82 bits per heavy atom. The van der Waals surface area contributed by atoms with Crippen molar-refractivity contribution in [2.75, 3.05) is 31.6 Å². The number of nitrogens with two attached hydrogens (primary N) is 1. The number of fused-ring (bicyclic) bond motifs is 1. The average molecular weight is 541 g/mol. The quantitative estimate of drug-likeness (QED) is 0.231. The molecule has 1 aromatic heterocycles. The molecule has 0 bridgehead atoms. The van der Waals surface area contributed by atoms with E-state index in [0.717, 1.165) is 54.0 Å². The second-order valence-corrected chi connectivity index (χ2v) is 9.44. The first-order chi connectivity index (χ1) is 17.9. The molecule has 9 nitrogen and oxygen atoms in total. The number of imidazole rings is 1. The number of amides is 2. The fraction of sp³-hybridized carbons (Fsp3) is 0.429. The summed E-state index contributed by atoms with van der Waals surface area (Å²) in [5.41, 5.74) is 9.89. The van der Waals surface area contributed by atoms with E-state index in [-0.39, 0.29) is 30.2 Å². The van der Waals surface area contributed by atoms with Crippen LogP contribution in [0.4, 0.5) is 10.5 Å². The molecule has 0 unspecified atom stereocenters. The number of nitrogen functional groups attached to an aromatic ring is 1. The minimum Gasteiger partial charge on any atom is -0.466 e. The minimum atomic E-state index is -0.201. The standard InChI is InChI=1S/C28H36N6O3.ClH/c1-3-37-26(35)8-7-17-34-24-14-13-22(32(2)28(36)33-15-5-4-6-16-33)19-23(24)31-25(34)18-20-9-11-21(12-10-20)27(29)30;/h9-14,19H,3-8,15-18H2,1-2H3,(H3,29,30);1H. The fourth-order valence-electron chi connectivity index (χ4n) is 4.77. The second-order valence-electron chi connectivity index (χ2n) is 9.44. The summed E-state index contributed by atoms with van der Waals surface area (Å²) in [7, 11) is 1.81. The zero-order chi connectivity index (χ0) is 26.4. The van der Waals surface area contributed by atoms with Crippen molar-refractivity contribution in [3.63, 3.8) is 0 Å². The Morgan fingerprint density at radius 1 is 1.11 bits per heavy atom. The Labute approximate surface area is 229 Å². The number of aromatic nitrogens is 2. The number of esters is 1. The Hall–Kier alpha value is -3.59. The molecule has 1 aliphatic rings. The van der Waals surface area contributed by atoms with E-state index in [0.29, 0.717) is 38.0 Å². The number of hydrogen-bond donors (Lipinski definition) is 2. The summed E-state index contributed by atoms with van der Waals surface area (Å²) in [6.45, 7) is 4.40. The summed E-state index contributed by atoms with van der Waals surface area (Å²) in [6.07, 6.45) is 4.83. The molecule has 4 rings (SSSR count). The first-order valence-electron chi connectivity index (χ1n) is 13.0. The monoisotopic (exact) mass is 540 g/mol. The largest absolute Gasteiger partial charge is 0.466 e. The maximum Gasteiger partial charge on any atom is 0.324 e. The molecule has 0 radical (unpaired) electrons. The van der Waals surface area contributed by atoms with Crippen LogP contribution in [0, 0.1) is 5.41 Å². The molecule has 0 saturated carbocycles. The van der Waals surface area contributed by atoms with Gasteiger partial charge in [0.05, 0.1) is 17.6 Å². The molecule has 10 heteroatoms. The van der Waals surface area contributed by atoms with E-state index < -0.39 is 0 Å². The van der Waals surface area contributed by atoms with Gasteiger partial charge in [0.1, 0.15) is 11.7 Å². The Balaban J connectivity index is 0.00000400. The number of carbonyl (C=O) groups excluding carboxylic acids is 2. The predicted molar refractivity (Wildman–Crippen MR) is 152 cm³/mol. The number of rotatable bonds is 9. The van der Waals surface area contributed by atoms with Crippen LogP contribution in [0.25, 0.3) is 11.0 Å². The predicted octanol–water partition coefficient (Wildman–Crippen LogP) is 4.72. The lowest BCUT2D eigenvalue weighted by Gasteiger charge is -2.31. The van der Waals surface area contributed by atoms with Crippen LogP contribution in [0.3, 0.4) is 0 Å². The number of anilines is 1. The molecule has 2 aromatic carbocycles. The number of urea groups is 1. The van der Waals surface area contributed by atoms with Crippen LogP contribution in [0.1, 0.15) is 56.0 Å². The van der Waals surface area contributed by atoms with E-state index in [1.54, 1.807) is 11.8 Å². The minimum absolute atomic E-state index is 0. The summed E-state index contributed by atoms with van der Waals surface area (Å²) in [5, 5.41) is 7.62. The van der Waals surface area contributed by atoms with E-state index in [1.165, 1.54) is 6.42 Å². The number of ether oxygens (including phenoxy) is 1. The highest BCUT2D eigenvalue weighted by atomic mass is 35.5. The van der Waals surface area contributed by atoms with Crippen molar-refractivity contribution >= 4 is 47.0 Å². The molecule has 0 atom stereocenters. The third-order valence-corrected chi connectivity index (χ3v) is 6.81. The summed E-state index contributed by atoms with van der Waals surface area (Å²) >= 11 is 0. The van der Waals surface area contributed by atoms with Crippen molar-refractivity contribution in [3.05, 3.63) is 59.4 Å². The van der Waals surface area contributed by atoms with E-state index in [2.05, 4.69) is 4.57 Å². The molecule has 38 heavy (non-hydrogen) atoms. The SMILES string of the molecule is CCOC(=O)CCCn1c(Cc2ccc(C(=N)N)cc2)nc2cc(N(C)C(=O)N3CCCCC3)ccc21.Cl. The average Bonchev–Trinajstić information content (AvgIpc) is 3.24. The van der Waals surface area contributed by atoms with Gasteiger partial charge < -0.3 is 19.9 Å². The van der Waals surface area contributed by atoms with Gasteiger partial charge in [-0.15, -0.1) is 12.4 Å². The molecule has 1 aliphatic heterocycles. The number of hydrogen-bond acceptors (Lipinski definition) is 5. The number of nitrogens with zero attached hydrogens (tertiary/aromatic N) is 4. The first kappa shape index (κ1) is 29.0. The highest BCUT2D eigenvalue weighted by Gasteiger charge is 2.22. The molecule has 2 heterocycles. The number of piperidine rings is 1. The van der Waals surface area contributed by atoms with E-state index >= 15 is 0 Å². The molecule has 2 amide bonds. The Kier molecular flexibility index (Phi) is 10.1. The van der Waals surface area contributed by atoms with Gasteiger partial charge in [0.15, 0.2) is 0 Å². The van der Waals surface area contributed by atoms with E-state index in [4.69, 9.17) is 20.9 Å². The Morgan fingerprint density at radius 3 is 2.47 bits per heavy atom. The third-order valence-electron chi connectivity index (χ3n) is 6.81. The molecule has 1 fully saturated rings. The second kappa shape index (κ2) is 13.3. The van der Waals surface area contributed by atoms with Crippen LogP contribution in [0.2, 0.25) is 0 Å². The van der Waals surface area contributed by atoms with Crippen LogP contribution < -0.4 is 10.6 Å². The number of benzene rings is 2. The zero-order valence-corrected chi connectivity index (χ0v) is 22.9. The van der Waals surface area contributed by atoms with Crippen LogP contribution in [-0.2, 0) is 22.5 Å². The van der Waals surface area contributed by atoms with Gasteiger partial charge in [-0.25, -0.2) is 9.78 Å². The maximum absolute atomic E-state index is 13.0. The topological polar surface area (TPSA) is 118 Å². The van der Waals surface area contributed by atoms with Gasteiger partial charge >= 0.3 is 12.0 Å². The highest BCUT2D eigenvalue weighted by molar-refractivity contribution is 5.95. The molecule has 1 saturated heterocycles. The lowest BCUT2D eigenvalue weighted by molar-refractivity contribution is -0.143. The normalized spacial score (nSPS) is 13.2. The number of likely N-dealkylation sites (tertiary alicyclic amines) is 1. The Bertz CT molecular complexity index is 1270. The van der Waals surface area contributed by atoms with Crippen molar-refractivity contribution in [1.29, 1.82) is 5.41 Å². The maximum atomic E-state index is 13.0. The van der Waals surface area contributed by atoms with Crippen molar-refractivity contribution < 1.29 is 14.3 Å². The van der Waals surface area contributed by atoms with Gasteiger partial charge in [0.25, 0.3) is 0 Å². The number of aryl methyl sites for hydroxylation is 1. The summed E-state index contributed by atoms with van der Waals surface area (Å²) in [5.74, 6) is 0.707. The molecular weight excluding hydrogens is 504 g/mol. The number of nitrogens with one attached hydrogen (secondary N) is 1. The van der Waals surface area contributed by atoms with Crippen molar-refractivity contribution in [2.45, 2.75) is 52.0 Å². The summed E-state index contributed by atoms with van der Waals surface area (Å²) < 4.78 is 7.23. The number of carbonyl (C=O) groups is 2. The fourth-order valence-corrected chi connectivity index (χ4v) is 4.77. The van der Waals surface area contributed by atoms with Gasteiger partial charge in [-0.3, -0.25) is 15.1 Å². The van der Waals surface area contributed by atoms with Crippen molar-refractivity contribution in [2.24, 2.45) is 5.73 Å². The molecule has 3 N–H and O–H groups in total. The highest BCUT2D eigenvalue weighted by Crippen LogP contribution is 2.26. The number of halogens is 1.